The number of aliphatic imine (C=N–C) groups is 1. The molecule has 0 bridgehead atoms. The quantitative estimate of drug-likeness (QED) is 0.694. The lowest BCUT2D eigenvalue weighted by atomic mass is 10.0. The molecule has 3 N–H and O–H groups in total. The smallest absolute Gasteiger partial charge is 0.212 e. The van der Waals surface area contributed by atoms with Crippen molar-refractivity contribution in [2.24, 2.45) is 10.7 Å². The topological polar surface area (TPSA) is 86.7 Å². The molecule has 0 saturated heterocycles. The number of fused-ring (bicyclic) bond motifs is 4. The van der Waals surface area contributed by atoms with Crippen molar-refractivity contribution < 1.29 is 9.47 Å². The van der Waals surface area contributed by atoms with Gasteiger partial charge in [0.1, 0.15) is 0 Å². The van der Waals surface area contributed by atoms with Crippen molar-refractivity contribution in [1.82, 2.24) is 9.55 Å². The molecule has 2 aromatic carbocycles. The maximum absolute atomic E-state index is 6.07. The number of ether oxygens (including phenoxy) is 2. The first-order valence-corrected chi connectivity index (χ1v) is 9.09. The van der Waals surface area contributed by atoms with Crippen LogP contribution in [-0.2, 0) is 0 Å². The van der Waals surface area contributed by atoms with Gasteiger partial charge in [-0.3, -0.25) is 9.88 Å². The predicted molar refractivity (Wildman–Crippen MR) is 105 cm³/mol. The molecular formula is C20H21N5O2. The first-order chi connectivity index (χ1) is 13.1. The molecule has 2 aliphatic heterocycles. The highest BCUT2D eigenvalue weighted by Crippen LogP contribution is 2.39. The van der Waals surface area contributed by atoms with E-state index in [0.717, 1.165) is 40.1 Å². The van der Waals surface area contributed by atoms with E-state index in [2.05, 4.69) is 46.9 Å². The number of guanidine groups is 1. The number of benzene rings is 2. The van der Waals surface area contributed by atoms with Gasteiger partial charge in [-0.25, -0.2) is 9.98 Å². The number of nitrogens with zero attached hydrogens (tertiary/aromatic N) is 3. The number of rotatable bonds is 1. The third-order valence-electron chi connectivity index (χ3n) is 5.02. The molecule has 7 nitrogen and oxygen atoms in total. The molecule has 0 fully saturated rings. The van der Waals surface area contributed by atoms with Gasteiger partial charge in [0.25, 0.3) is 0 Å². The first kappa shape index (κ1) is 16.0. The molecule has 2 aliphatic rings. The van der Waals surface area contributed by atoms with Crippen LogP contribution in [0.2, 0.25) is 0 Å². The third kappa shape index (κ3) is 2.58. The summed E-state index contributed by atoms with van der Waals surface area (Å²) in [5.41, 5.74) is 11.3. The van der Waals surface area contributed by atoms with Gasteiger partial charge in [0.15, 0.2) is 23.6 Å². The second kappa shape index (κ2) is 5.90. The maximum atomic E-state index is 6.07. The number of nitrogens with two attached hydrogens (primary N) is 1. The highest BCUT2D eigenvalue weighted by Gasteiger charge is 2.27. The number of aromatic nitrogens is 2. The average Bonchev–Trinajstić information content (AvgIpc) is 2.82. The Morgan fingerprint density at radius 1 is 1.11 bits per heavy atom. The van der Waals surface area contributed by atoms with Crippen molar-refractivity contribution in [2.75, 3.05) is 18.5 Å². The lowest BCUT2D eigenvalue weighted by molar-refractivity contribution is 0.297. The number of hydrogen-bond donors (Lipinski definition) is 2. The van der Waals surface area contributed by atoms with Crippen LogP contribution in [0, 0.1) is 13.8 Å². The van der Waals surface area contributed by atoms with E-state index in [1.165, 1.54) is 5.56 Å². The summed E-state index contributed by atoms with van der Waals surface area (Å²) in [6, 6.07) is 10.3. The predicted octanol–water partition coefficient (Wildman–Crippen LogP) is 3.10. The highest BCUT2D eigenvalue weighted by atomic mass is 16.5. The summed E-state index contributed by atoms with van der Waals surface area (Å²) in [5.74, 6) is 2.50. The molecule has 0 amide bonds. The van der Waals surface area contributed by atoms with Crippen LogP contribution in [0.1, 0.15) is 29.3 Å². The second-order valence-corrected chi connectivity index (χ2v) is 7.02. The van der Waals surface area contributed by atoms with E-state index in [1.54, 1.807) is 0 Å². The zero-order valence-electron chi connectivity index (χ0n) is 15.3. The van der Waals surface area contributed by atoms with E-state index in [4.69, 9.17) is 20.2 Å². The number of anilines is 1. The lowest BCUT2D eigenvalue weighted by Gasteiger charge is -2.25. The molecule has 1 unspecified atom stereocenters. The summed E-state index contributed by atoms with van der Waals surface area (Å²) < 4.78 is 13.8. The molecule has 7 heteroatoms. The molecule has 1 aromatic heterocycles. The minimum atomic E-state index is -0.282. The molecule has 5 rings (SSSR count). The zero-order chi connectivity index (χ0) is 18.5. The van der Waals surface area contributed by atoms with Crippen molar-refractivity contribution in [3.63, 3.8) is 0 Å². The summed E-state index contributed by atoms with van der Waals surface area (Å²) in [4.78, 5) is 9.41. The van der Waals surface area contributed by atoms with Crippen molar-refractivity contribution >= 4 is 22.9 Å². The van der Waals surface area contributed by atoms with Crippen molar-refractivity contribution in [1.29, 1.82) is 0 Å². The lowest BCUT2D eigenvalue weighted by Crippen LogP contribution is -2.31. The SMILES string of the molecule is Cc1ccc(C)c(C2N=C(N)Nc3nc4cc5c(cc4n32)OCCCO5)c1. The molecule has 27 heavy (non-hydrogen) atoms. The van der Waals surface area contributed by atoms with Crippen LogP contribution in [0.3, 0.4) is 0 Å². The van der Waals surface area contributed by atoms with Gasteiger partial charge in [0.2, 0.25) is 5.95 Å². The van der Waals surface area contributed by atoms with Crippen LogP contribution in [0.25, 0.3) is 11.0 Å². The monoisotopic (exact) mass is 363 g/mol. The maximum Gasteiger partial charge on any atom is 0.212 e. The fourth-order valence-electron chi connectivity index (χ4n) is 3.67. The van der Waals surface area contributed by atoms with E-state index >= 15 is 0 Å². The van der Waals surface area contributed by atoms with Crippen LogP contribution >= 0.6 is 0 Å². The number of nitrogens with one attached hydrogen (secondary N) is 1. The Balaban J connectivity index is 1.74. The van der Waals surface area contributed by atoms with Gasteiger partial charge in [0, 0.05) is 24.1 Å². The summed E-state index contributed by atoms with van der Waals surface area (Å²) in [5, 5.41) is 3.08. The highest BCUT2D eigenvalue weighted by molar-refractivity contribution is 5.95. The number of aryl methyl sites for hydroxylation is 2. The van der Waals surface area contributed by atoms with E-state index in [1.807, 2.05) is 12.1 Å². The molecule has 0 saturated carbocycles. The molecule has 0 aliphatic carbocycles. The molecule has 0 radical (unpaired) electrons. The van der Waals surface area contributed by atoms with Gasteiger partial charge >= 0.3 is 0 Å². The normalized spacial score (nSPS) is 18.4. The zero-order valence-corrected chi connectivity index (χ0v) is 15.3. The Kier molecular flexibility index (Phi) is 3.50. The van der Waals surface area contributed by atoms with E-state index in [0.29, 0.717) is 25.1 Å². The number of hydrogen-bond acceptors (Lipinski definition) is 6. The van der Waals surface area contributed by atoms with Gasteiger partial charge in [-0.05, 0) is 19.4 Å². The van der Waals surface area contributed by atoms with Crippen molar-refractivity contribution in [3.05, 3.63) is 47.0 Å². The summed E-state index contributed by atoms with van der Waals surface area (Å²) in [7, 11) is 0. The van der Waals surface area contributed by atoms with Gasteiger partial charge in [-0.15, -0.1) is 0 Å². The Morgan fingerprint density at radius 2 is 1.89 bits per heavy atom. The molecule has 138 valence electrons. The van der Waals surface area contributed by atoms with Crippen LogP contribution in [0.4, 0.5) is 5.95 Å². The van der Waals surface area contributed by atoms with Gasteiger partial charge in [0.05, 0.1) is 24.2 Å². The van der Waals surface area contributed by atoms with E-state index in [-0.39, 0.29) is 6.17 Å². The minimum Gasteiger partial charge on any atom is -0.489 e. The Hall–Kier alpha value is -3.22. The largest absolute Gasteiger partial charge is 0.489 e. The first-order valence-electron chi connectivity index (χ1n) is 9.09. The van der Waals surface area contributed by atoms with Crippen LogP contribution in [-0.4, -0.2) is 28.7 Å². The van der Waals surface area contributed by atoms with Gasteiger partial charge < -0.3 is 15.2 Å². The Labute approximate surface area is 156 Å². The van der Waals surface area contributed by atoms with Crippen LogP contribution in [0.15, 0.2) is 35.3 Å². The fourth-order valence-corrected chi connectivity index (χ4v) is 3.67. The average molecular weight is 363 g/mol. The van der Waals surface area contributed by atoms with Crippen LogP contribution in [0.5, 0.6) is 11.5 Å². The van der Waals surface area contributed by atoms with Crippen LogP contribution < -0.4 is 20.5 Å². The molecule has 0 spiro atoms. The fraction of sp³-hybridized carbons (Fsp3) is 0.300. The van der Waals surface area contributed by atoms with Gasteiger partial charge in [-0.2, -0.15) is 0 Å². The van der Waals surface area contributed by atoms with Crippen molar-refractivity contribution in [2.45, 2.75) is 26.4 Å². The standard InChI is InChI=1S/C20H21N5O2/c1-11-4-5-12(2)13(8-11)18-23-19(21)24-20-22-14-9-16-17(10-15(14)25(18)20)27-7-3-6-26-16/h4-5,8-10,18H,3,6-7H2,1-2H3,(H3,21,22,23,24). The summed E-state index contributed by atoms with van der Waals surface area (Å²) in [6.07, 6.45) is 0.585. The molecule has 3 aromatic rings. The van der Waals surface area contributed by atoms with Crippen molar-refractivity contribution in [3.8, 4) is 11.5 Å². The molecular weight excluding hydrogens is 342 g/mol. The molecule has 3 heterocycles. The summed E-state index contributed by atoms with van der Waals surface area (Å²) in [6.45, 7) is 5.45. The Bertz CT molecular complexity index is 1090. The summed E-state index contributed by atoms with van der Waals surface area (Å²) >= 11 is 0. The van der Waals surface area contributed by atoms with Gasteiger partial charge in [-0.1, -0.05) is 23.8 Å². The minimum absolute atomic E-state index is 0.282. The third-order valence-corrected chi connectivity index (χ3v) is 5.02. The molecule has 1 atom stereocenters. The Morgan fingerprint density at radius 3 is 2.70 bits per heavy atom. The second-order valence-electron chi connectivity index (χ2n) is 7.02. The van der Waals surface area contributed by atoms with E-state index < -0.39 is 0 Å². The number of imidazole rings is 1. The van der Waals surface area contributed by atoms with E-state index in [9.17, 15) is 0 Å².